The zero-order valence-electron chi connectivity index (χ0n) is 20.5. The molecule has 1 aromatic carbocycles. The summed E-state index contributed by atoms with van der Waals surface area (Å²) in [5, 5.41) is 13.6. The Morgan fingerprint density at radius 1 is 1.17 bits per heavy atom. The maximum absolute atomic E-state index is 12.6. The molecule has 1 atom stereocenters. The van der Waals surface area contributed by atoms with Crippen LogP contribution in [0.4, 0.5) is 11.6 Å². The summed E-state index contributed by atoms with van der Waals surface area (Å²) in [6.45, 7) is 4.88. The minimum absolute atomic E-state index is 0.121. The van der Waals surface area contributed by atoms with Gasteiger partial charge in [0.1, 0.15) is 17.2 Å². The van der Waals surface area contributed by atoms with E-state index in [1.54, 1.807) is 6.20 Å². The fraction of sp³-hybridized carbons (Fsp3) is 0.370. The second-order valence-electron chi connectivity index (χ2n) is 9.71. The van der Waals surface area contributed by atoms with Crippen molar-refractivity contribution in [1.29, 1.82) is 0 Å². The van der Waals surface area contributed by atoms with Crippen molar-refractivity contribution in [3.05, 3.63) is 59.4 Å². The van der Waals surface area contributed by atoms with Crippen LogP contribution in [0.15, 0.2) is 47.7 Å². The van der Waals surface area contributed by atoms with Gasteiger partial charge in [-0.3, -0.25) is 14.6 Å². The first kappa shape index (κ1) is 23.7. The third-order valence-electron chi connectivity index (χ3n) is 7.20. The number of nitrogens with two attached hydrogens (primary N) is 1. The Balaban J connectivity index is 1.54. The summed E-state index contributed by atoms with van der Waals surface area (Å²) in [6, 6.07) is 10.2. The molecule has 0 spiro atoms. The van der Waals surface area contributed by atoms with Crippen molar-refractivity contribution < 1.29 is 14.7 Å². The monoisotopic (exact) mass is 486 g/mol. The molecule has 0 aliphatic carbocycles. The number of carboxylic acids is 1. The summed E-state index contributed by atoms with van der Waals surface area (Å²) in [4.78, 5) is 35.5. The number of hydrogen-bond acceptors (Lipinski definition) is 7. The molecule has 9 heteroatoms. The van der Waals surface area contributed by atoms with Gasteiger partial charge in [0.2, 0.25) is 0 Å². The average molecular weight is 487 g/mol. The van der Waals surface area contributed by atoms with E-state index in [4.69, 9.17) is 20.8 Å². The number of allylic oxidation sites excluding steroid dienone is 1. The molecule has 36 heavy (non-hydrogen) atoms. The zero-order chi connectivity index (χ0) is 25.4. The van der Waals surface area contributed by atoms with Crippen molar-refractivity contribution >= 4 is 40.3 Å². The van der Waals surface area contributed by atoms with Crippen molar-refractivity contribution in [2.75, 3.05) is 23.7 Å². The molecule has 2 aliphatic rings. The molecule has 0 amide bonds. The predicted molar refractivity (Wildman–Crippen MR) is 139 cm³/mol. The number of aliphatic carboxylic acids is 1. The van der Waals surface area contributed by atoms with E-state index in [1.165, 1.54) is 11.4 Å². The number of ketones is 1. The highest BCUT2D eigenvalue weighted by Gasteiger charge is 2.29. The van der Waals surface area contributed by atoms with Gasteiger partial charge >= 0.3 is 5.97 Å². The lowest BCUT2D eigenvalue weighted by atomic mass is 9.88. The molecule has 3 N–H and O–H groups in total. The van der Waals surface area contributed by atoms with E-state index >= 15 is 0 Å². The molecule has 1 fully saturated rings. The van der Waals surface area contributed by atoms with Gasteiger partial charge in [-0.1, -0.05) is 37.3 Å². The largest absolute Gasteiger partial charge is 0.481 e. The molecule has 0 radical (unpaired) electrons. The van der Waals surface area contributed by atoms with Crippen LogP contribution in [-0.2, 0) is 4.79 Å². The summed E-state index contributed by atoms with van der Waals surface area (Å²) in [6.07, 6.45) is 6.03. The minimum atomic E-state index is -0.779. The first-order chi connectivity index (χ1) is 17.3. The van der Waals surface area contributed by atoms with Crippen LogP contribution >= 0.6 is 0 Å². The number of piperidine rings is 1. The van der Waals surface area contributed by atoms with Gasteiger partial charge in [-0.05, 0) is 49.2 Å². The van der Waals surface area contributed by atoms with Gasteiger partial charge < -0.3 is 15.7 Å². The van der Waals surface area contributed by atoms with E-state index in [9.17, 15) is 9.59 Å². The standard InChI is InChI=1S/C27H30N6O3/c1-16-12-22(19-6-4-3-5-7-19)29-14-20(16)21-15-30-33-25(28)24(17(2)34)27(31-26(21)33)32-10-8-18(9-11-32)13-23(35)36/h3-7,14-16,18H,8-13,28H2,1-2H3,(H,35,36). The molecule has 5 rings (SSSR count). The van der Waals surface area contributed by atoms with Crippen LogP contribution in [0, 0.1) is 11.8 Å². The van der Waals surface area contributed by atoms with Gasteiger partial charge in [-0.2, -0.15) is 9.61 Å². The maximum Gasteiger partial charge on any atom is 0.303 e. The van der Waals surface area contributed by atoms with Crippen molar-refractivity contribution in [2.45, 2.75) is 39.5 Å². The van der Waals surface area contributed by atoms with Gasteiger partial charge in [0.25, 0.3) is 0 Å². The van der Waals surface area contributed by atoms with Gasteiger partial charge in [-0.25, -0.2) is 4.98 Å². The number of nitrogen functional groups attached to an aromatic ring is 1. The molecule has 9 nitrogen and oxygen atoms in total. The van der Waals surface area contributed by atoms with Gasteiger partial charge in [-0.15, -0.1) is 0 Å². The Morgan fingerprint density at radius 2 is 1.89 bits per heavy atom. The molecule has 186 valence electrons. The van der Waals surface area contributed by atoms with Crippen molar-refractivity contribution in [1.82, 2.24) is 14.6 Å². The van der Waals surface area contributed by atoms with E-state index in [-0.39, 0.29) is 29.9 Å². The van der Waals surface area contributed by atoms with Crippen LogP contribution in [0.3, 0.4) is 0 Å². The number of fused-ring (bicyclic) bond motifs is 1. The first-order valence-electron chi connectivity index (χ1n) is 12.3. The Bertz CT molecular complexity index is 1380. The smallest absolute Gasteiger partial charge is 0.303 e. The number of carboxylic acid groups (broad SMARTS) is 1. The Hall–Kier alpha value is -4.01. The minimum Gasteiger partial charge on any atom is -0.481 e. The third kappa shape index (κ3) is 4.36. The Labute approximate surface area is 209 Å². The summed E-state index contributed by atoms with van der Waals surface area (Å²) in [5.41, 5.74) is 11.5. The van der Waals surface area contributed by atoms with E-state index in [1.807, 2.05) is 29.3 Å². The van der Waals surface area contributed by atoms with Crippen LogP contribution < -0.4 is 10.6 Å². The molecule has 2 aliphatic heterocycles. The van der Waals surface area contributed by atoms with E-state index in [0.717, 1.165) is 41.7 Å². The highest BCUT2D eigenvalue weighted by atomic mass is 16.4. The molecular weight excluding hydrogens is 456 g/mol. The molecule has 2 aromatic heterocycles. The Morgan fingerprint density at radius 3 is 2.53 bits per heavy atom. The van der Waals surface area contributed by atoms with Crippen LogP contribution in [0.5, 0.6) is 0 Å². The highest BCUT2D eigenvalue weighted by molar-refractivity contribution is 6.05. The number of rotatable bonds is 6. The Kier molecular flexibility index (Phi) is 6.30. The quantitative estimate of drug-likeness (QED) is 0.503. The predicted octanol–water partition coefficient (Wildman–Crippen LogP) is 4.08. The number of aromatic nitrogens is 3. The summed E-state index contributed by atoms with van der Waals surface area (Å²) in [5.74, 6) is 0.162. The molecule has 4 heterocycles. The summed E-state index contributed by atoms with van der Waals surface area (Å²) < 4.78 is 1.54. The normalized spacial score (nSPS) is 18.7. The van der Waals surface area contributed by atoms with Crippen molar-refractivity contribution in [3.63, 3.8) is 0 Å². The molecule has 1 saturated heterocycles. The molecule has 0 bridgehead atoms. The fourth-order valence-corrected chi connectivity index (χ4v) is 5.25. The lowest BCUT2D eigenvalue weighted by molar-refractivity contribution is -0.138. The van der Waals surface area contributed by atoms with Crippen LogP contribution in [0.25, 0.3) is 11.2 Å². The number of carbonyl (C=O) groups is 2. The van der Waals surface area contributed by atoms with E-state index in [2.05, 4.69) is 24.2 Å². The van der Waals surface area contributed by atoms with Gasteiger partial charge in [0.05, 0.1) is 6.20 Å². The molecular formula is C27H30N6O3. The first-order valence-corrected chi connectivity index (χ1v) is 12.3. The average Bonchev–Trinajstić information content (AvgIpc) is 3.28. The van der Waals surface area contributed by atoms with Crippen LogP contribution in [0.1, 0.15) is 61.0 Å². The highest BCUT2D eigenvalue weighted by Crippen LogP contribution is 2.36. The number of hydrogen-bond donors (Lipinski definition) is 2. The fourth-order valence-electron chi connectivity index (χ4n) is 5.25. The van der Waals surface area contributed by atoms with Crippen LogP contribution in [0.2, 0.25) is 0 Å². The third-order valence-corrected chi connectivity index (χ3v) is 7.20. The van der Waals surface area contributed by atoms with Gasteiger partial charge in [0.15, 0.2) is 11.4 Å². The number of nitrogens with zero attached hydrogens (tertiary/aromatic N) is 5. The lowest BCUT2D eigenvalue weighted by Gasteiger charge is -2.33. The van der Waals surface area contributed by atoms with Crippen molar-refractivity contribution in [2.24, 2.45) is 16.8 Å². The second kappa shape index (κ2) is 9.56. The zero-order valence-corrected chi connectivity index (χ0v) is 20.5. The topological polar surface area (TPSA) is 126 Å². The lowest BCUT2D eigenvalue weighted by Crippen LogP contribution is -2.36. The number of benzene rings is 1. The maximum atomic E-state index is 12.6. The number of Topliss-reactive ketones (excluding diaryl/α,β-unsaturated/α-hetero) is 1. The number of carbonyl (C=O) groups excluding carboxylic acids is 1. The summed E-state index contributed by atoms with van der Waals surface area (Å²) in [7, 11) is 0. The molecule has 0 saturated carbocycles. The summed E-state index contributed by atoms with van der Waals surface area (Å²) >= 11 is 0. The number of aliphatic imine (C=N–C) groups is 1. The van der Waals surface area contributed by atoms with Crippen molar-refractivity contribution in [3.8, 4) is 0 Å². The van der Waals surface area contributed by atoms with E-state index < -0.39 is 5.97 Å². The molecule has 1 unspecified atom stereocenters. The van der Waals surface area contributed by atoms with Gasteiger partial charge in [0, 0.05) is 37.0 Å². The number of anilines is 2. The second-order valence-corrected chi connectivity index (χ2v) is 9.71. The van der Waals surface area contributed by atoms with E-state index in [0.29, 0.717) is 30.1 Å². The molecule has 3 aromatic rings. The SMILES string of the molecule is CC(=O)c1c(N2CCC(CC(=O)O)CC2)nc2c(C3=CN=C(c4ccccc4)CC3C)cnn2c1N. The van der Waals surface area contributed by atoms with Crippen LogP contribution in [-0.4, -0.2) is 50.3 Å².